The molecule has 0 atom stereocenters. The van der Waals surface area contributed by atoms with Crippen LogP contribution in [0, 0.1) is 0 Å². The number of nitrogens with zero attached hydrogens (tertiary/aromatic N) is 2. The van der Waals surface area contributed by atoms with Crippen molar-refractivity contribution in [1.29, 1.82) is 0 Å². The molecule has 8 nitrogen and oxygen atoms in total. The van der Waals surface area contributed by atoms with Crippen LogP contribution in [0.25, 0.3) is 6.08 Å². The monoisotopic (exact) mass is 479 g/mol. The van der Waals surface area contributed by atoms with Crippen LogP contribution in [0.15, 0.2) is 44.8 Å². The molecule has 2 saturated heterocycles. The second-order valence-corrected chi connectivity index (χ2v) is 7.63. The first kappa shape index (κ1) is 19.7. The van der Waals surface area contributed by atoms with E-state index in [1.165, 1.54) is 18.2 Å². The highest BCUT2D eigenvalue weighted by Gasteiger charge is 2.37. The lowest BCUT2D eigenvalue weighted by atomic mass is 10.1. The summed E-state index contributed by atoms with van der Waals surface area (Å²) in [7, 11) is 0. The van der Waals surface area contributed by atoms with Crippen LogP contribution in [0.3, 0.4) is 0 Å². The molecule has 2 aliphatic rings. The fourth-order valence-electron chi connectivity index (χ4n) is 3.05. The van der Waals surface area contributed by atoms with E-state index in [-0.39, 0.29) is 5.57 Å². The van der Waals surface area contributed by atoms with Crippen molar-refractivity contribution in [3.05, 3.63) is 51.2 Å². The summed E-state index contributed by atoms with van der Waals surface area (Å²) in [5, 5.41) is 2.63. The van der Waals surface area contributed by atoms with Crippen molar-refractivity contribution < 1.29 is 23.5 Å². The van der Waals surface area contributed by atoms with Gasteiger partial charge in [-0.2, -0.15) is 0 Å². The second-order valence-electron chi connectivity index (χ2n) is 6.34. The number of ether oxygens (including phenoxy) is 1. The van der Waals surface area contributed by atoms with Gasteiger partial charge in [0.05, 0.1) is 23.4 Å². The van der Waals surface area contributed by atoms with Crippen LogP contribution in [0.4, 0.5) is 16.4 Å². The lowest BCUT2D eigenvalue weighted by Gasteiger charge is -2.26. The van der Waals surface area contributed by atoms with Gasteiger partial charge in [-0.15, -0.1) is 0 Å². The zero-order valence-corrected chi connectivity index (χ0v) is 17.3. The molecule has 0 radical (unpaired) electrons. The van der Waals surface area contributed by atoms with Crippen molar-refractivity contribution in [3.8, 4) is 0 Å². The molecule has 1 aromatic heterocycles. The normalized spacial score (nSPS) is 19.1. The molecule has 2 fully saturated rings. The van der Waals surface area contributed by atoms with E-state index in [0.29, 0.717) is 53.1 Å². The van der Waals surface area contributed by atoms with E-state index < -0.39 is 17.8 Å². The number of carbonyl (C=O) groups excluding carboxylic acids is 3. The standard InChI is InChI=1S/C19H15BrClN3O5/c20-15-10-13(29-18(15)23-5-7-28-8-6-23)9-14-16(25)22-19(27)24(17(14)26)12-3-1-11(21)2-4-12/h1-4,9-10H,5-8H2,(H,22,25,27)/b14-9+. The third-order valence-corrected chi connectivity index (χ3v) is 5.28. The highest BCUT2D eigenvalue weighted by molar-refractivity contribution is 9.10. The van der Waals surface area contributed by atoms with E-state index in [1.807, 2.05) is 4.90 Å². The van der Waals surface area contributed by atoms with Gasteiger partial charge in [0.15, 0.2) is 0 Å². The summed E-state index contributed by atoms with van der Waals surface area (Å²) >= 11 is 9.31. The Morgan fingerprint density at radius 1 is 1.10 bits per heavy atom. The summed E-state index contributed by atoms with van der Waals surface area (Å²) < 4.78 is 11.9. The second kappa shape index (κ2) is 8.02. The molecule has 2 aliphatic heterocycles. The van der Waals surface area contributed by atoms with Gasteiger partial charge in [-0.3, -0.25) is 14.9 Å². The number of halogens is 2. The molecule has 4 amide bonds. The van der Waals surface area contributed by atoms with E-state index in [4.69, 9.17) is 20.8 Å². The molecular weight excluding hydrogens is 466 g/mol. The number of barbiturate groups is 1. The largest absolute Gasteiger partial charge is 0.440 e. The smallest absolute Gasteiger partial charge is 0.335 e. The van der Waals surface area contributed by atoms with Crippen LogP contribution in [0.5, 0.6) is 0 Å². The third kappa shape index (κ3) is 3.93. The van der Waals surface area contributed by atoms with E-state index in [9.17, 15) is 14.4 Å². The summed E-state index contributed by atoms with van der Waals surface area (Å²) in [5.74, 6) is -0.635. The van der Waals surface area contributed by atoms with Gasteiger partial charge in [0.2, 0.25) is 5.88 Å². The fraction of sp³-hybridized carbons (Fsp3) is 0.211. The van der Waals surface area contributed by atoms with Gasteiger partial charge < -0.3 is 14.1 Å². The van der Waals surface area contributed by atoms with Gasteiger partial charge in [0.25, 0.3) is 11.8 Å². The highest BCUT2D eigenvalue weighted by atomic mass is 79.9. The molecule has 150 valence electrons. The average Bonchev–Trinajstić information content (AvgIpc) is 3.07. The number of hydrogen-bond acceptors (Lipinski definition) is 6. The Kier molecular flexibility index (Phi) is 5.44. The molecule has 0 spiro atoms. The van der Waals surface area contributed by atoms with E-state index in [0.717, 1.165) is 4.90 Å². The lowest BCUT2D eigenvalue weighted by molar-refractivity contribution is -0.122. The zero-order chi connectivity index (χ0) is 20.5. The van der Waals surface area contributed by atoms with Crippen molar-refractivity contribution in [3.63, 3.8) is 0 Å². The van der Waals surface area contributed by atoms with Gasteiger partial charge in [-0.25, -0.2) is 9.69 Å². The van der Waals surface area contributed by atoms with Gasteiger partial charge >= 0.3 is 6.03 Å². The molecule has 1 N–H and O–H groups in total. The van der Waals surface area contributed by atoms with Crippen LogP contribution in [0.2, 0.25) is 5.02 Å². The maximum atomic E-state index is 12.9. The minimum absolute atomic E-state index is 0.214. The Bertz CT molecular complexity index is 1010. The molecule has 0 saturated carbocycles. The molecule has 10 heteroatoms. The number of morpholine rings is 1. The maximum absolute atomic E-state index is 12.9. The number of rotatable bonds is 3. The number of hydrogen-bond donors (Lipinski definition) is 1. The number of nitrogens with one attached hydrogen (secondary N) is 1. The summed E-state index contributed by atoms with van der Waals surface area (Å²) in [6, 6.07) is 6.99. The number of anilines is 2. The van der Waals surface area contributed by atoms with Gasteiger partial charge in [0.1, 0.15) is 11.3 Å². The van der Waals surface area contributed by atoms with Crippen LogP contribution < -0.4 is 15.1 Å². The predicted octanol–water partition coefficient (Wildman–Crippen LogP) is 3.20. The molecule has 1 aromatic carbocycles. The number of amides is 4. The summed E-state index contributed by atoms with van der Waals surface area (Å²) in [6.07, 6.45) is 1.32. The van der Waals surface area contributed by atoms with Crippen molar-refractivity contribution in [2.24, 2.45) is 0 Å². The van der Waals surface area contributed by atoms with Crippen LogP contribution in [-0.4, -0.2) is 44.1 Å². The molecule has 2 aromatic rings. The van der Waals surface area contributed by atoms with Gasteiger partial charge in [-0.1, -0.05) is 11.6 Å². The highest BCUT2D eigenvalue weighted by Crippen LogP contribution is 2.32. The number of carbonyl (C=O) groups is 3. The third-order valence-electron chi connectivity index (χ3n) is 4.46. The van der Waals surface area contributed by atoms with Crippen molar-refractivity contribution in [1.82, 2.24) is 5.32 Å². The van der Waals surface area contributed by atoms with Crippen molar-refractivity contribution >= 4 is 63.0 Å². The first-order valence-electron chi connectivity index (χ1n) is 8.73. The van der Waals surface area contributed by atoms with E-state index >= 15 is 0 Å². The number of urea groups is 1. The minimum Gasteiger partial charge on any atom is -0.440 e. The Balaban J connectivity index is 1.65. The Labute approximate surface area is 179 Å². The molecule has 0 bridgehead atoms. The molecule has 3 heterocycles. The zero-order valence-electron chi connectivity index (χ0n) is 15.0. The Morgan fingerprint density at radius 3 is 2.48 bits per heavy atom. The lowest BCUT2D eigenvalue weighted by Crippen LogP contribution is -2.54. The summed E-state index contributed by atoms with van der Waals surface area (Å²) in [4.78, 5) is 40.3. The first-order chi connectivity index (χ1) is 13.9. The minimum atomic E-state index is -0.825. The molecule has 0 aliphatic carbocycles. The topological polar surface area (TPSA) is 92.1 Å². The first-order valence-corrected chi connectivity index (χ1v) is 9.90. The molecule has 0 unspecified atom stereocenters. The SMILES string of the molecule is O=C1NC(=O)N(c2ccc(Cl)cc2)C(=O)/C1=C/c1cc(Br)c(N2CCOCC2)o1. The van der Waals surface area contributed by atoms with Crippen LogP contribution in [-0.2, 0) is 14.3 Å². The quantitative estimate of drug-likeness (QED) is 0.536. The Hall–Kier alpha value is -2.62. The van der Waals surface area contributed by atoms with E-state index in [2.05, 4.69) is 21.2 Å². The Morgan fingerprint density at radius 2 is 1.79 bits per heavy atom. The van der Waals surface area contributed by atoms with Gasteiger partial charge in [0, 0.05) is 24.2 Å². The molecule has 4 rings (SSSR count). The molecule has 29 heavy (non-hydrogen) atoms. The fourth-order valence-corrected chi connectivity index (χ4v) is 3.74. The predicted molar refractivity (Wildman–Crippen MR) is 110 cm³/mol. The van der Waals surface area contributed by atoms with E-state index in [1.54, 1.807) is 18.2 Å². The van der Waals surface area contributed by atoms with Crippen LogP contribution in [0.1, 0.15) is 5.76 Å². The summed E-state index contributed by atoms with van der Waals surface area (Å²) in [6.45, 7) is 2.51. The maximum Gasteiger partial charge on any atom is 0.335 e. The number of furan rings is 1. The number of imide groups is 2. The van der Waals surface area contributed by atoms with Crippen LogP contribution >= 0.6 is 27.5 Å². The summed E-state index contributed by atoms with van der Waals surface area (Å²) in [5.41, 5.74) is 0.0826. The molecular formula is C19H15BrClN3O5. The van der Waals surface area contributed by atoms with Gasteiger partial charge in [-0.05, 0) is 46.3 Å². The number of benzene rings is 1. The average molecular weight is 481 g/mol. The van der Waals surface area contributed by atoms with Crippen molar-refractivity contribution in [2.45, 2.75) is 0 Å². The van der Waals surface area contributed by atoms with Crippen molar-refractivity contribution in [2.75, 3.05) is 36.1 Å².